The van der Waals surface area contributed by atoms with Crippen molar-refractivity contribution in [3.8, 4) is 22.2 Å². The van der Waals surface area contributed by atoms with Crippen molar-refractivity contribution in [1.82, 2.24) is 24.9 Å². The highest BCUT2D eigenvalue weighted by Crippen LogP contribution is 2.46. The summed E-state index contributed by atoms with van der Waals surface area (Å²) in [5, 5.41) is 3.61. The molecule has 2 saturated carbocycles. The van der Waals surface area contributed by atoms with Gasteiger partial charge in [-0.2, -0.15) is 13.2 Å². The summed E-state index contributed by atoms with van der Waals surface area (Å²) in [4.78, 5) is 51.5. The molecule has 2 aromatic heterocycles. The van der Waals surface area contributed by atoms with Crippen molar-refractivity contribution in [3.63, 3.8) is 0 Å². The van der Waals surface area contributed by atoms with E-state index < -0.39 is 74.6 Å². The number of sulfonamides is 1. The van der Waals surface area contributed by atoms with Crippen LogP contribution in [0.2, 0.25) is 0 Å². The Labute approximate surface area is 313 Å². The first kappa shape index (κ1) is 38.0. The predicted octanol–water partition coefficient (Wildman–Crippen LogP) is 4.67. The van der Waals surface area contributed by atoms with Gasteiger partial charge in [0.15, 0.2) is 5.69 Å². The van der Waals surface area contributed by atoms with E-state index in [0.29, 0.717) is 54.5 Å². The Morgan fingerprint density at radius 1 is 1.17 bits per heavy atom. The van der Waals surface area contributed by atoms with Gasteiger partial charge >= 0.3 is 6.18 Å². The maximum Gasteiger partial charge on any atom is 0.434 e. The molecule has 0 radical (unpaired) electrons. The Kier molecular flexibility index (Phi) is 10.1. The summed E-state index contributed by atoms with van der Waals surface area (Å²) in [5.41, 5.74) is -1.45. The highest BCUT2D eigenvalue weighted by atomic mass is 32.2. The van der Waals surface area contributed by atoms with Gasteiger partial charge in [-0.15, -0.1) is 11.3 Å². The molecule has 54 heavy (non-hydrogen) atoms. The number of allylic oxidation sites excluding steroid dienone is 1. The zero-order valence-corrected chi connectivity index (χ0v) is 31.4. The molecule has 18 heteroatoms. The zero-order chi connectivity index (χ0) is 38.6. The number of amides is 3. The zero-order valence-electron chi connectivity index (χ0n) is 29.8. The van der Waals surface area contributed by atoms with Crippen LogP contribution in [0.3, 0.4) is 0 Å². The number of nitrogens with one attached hydrogen (secondary N) is 2. The quantitative estimate of drug-likeness (QED) is 0.321. The number of aromatic nitrogens is 2. The van der Waals surface area contributed by atoms with Gasteiger partial charge in [-0.3, -0.25) is 19.1 Å². The Bertz CT molecular complexity index is 2120. The van der Waals surface area contributed by atoms with Gasteiger partial charge in [-0.25, -0.2) is 18.4 Å². The van der Waals surface area contributed by atoms with Gasteiger partial charge in [-0.05, 0) is 64.5 Å². The highest BCUT2D eigenvalue weighted by Gasteiger charge is 2.62. The molecule has 1 saturated heterocycles. The number of alkyl halides is 3. The number of benzene rings is 1. The number of nitrogens with zero attached hydrogens (tertiary/aromatic N) is 3. The molecule has 290 valence electrons. The molecule has 2 aliphatic heterocycles. The Morgan fingerprint density at radius 2 is 1.94 bits per heavy atom. The summed E-state index contributed by atoms with van der Waals surface area (Å²) in [6, 6.07) is 3.77. The Morgan fingerprint density at radius 3 is 2.65 bits per heavy atom. The minimum Gasteiger partial charge on any atom is -0.496 e. The maximum absolute atomic E-state index is 14.2. The molecule has 1 aromatic carbocycles. The summed E-state index contributed by atoms with van der Waals surface area (Å²) < 4.78 is 86.0. The van der Waals surface area contributed by atoms with Gasteiger partial charge < -0.3 is 24.4 Å². The molecule has 3 fully saturated rings. The van der Waals surface area contributed by atoms with E-state index in [-0.39, 0.29) is 35.8 Å². The number of methoxy groups -OCH3 is 1. The third-order valence-corrected chi connectivity index (χ3v) is 13.0. The summed E-state index contributed by atoms with van der Waals surface area (Å²) in [6.07, 6.45) is 0.507. The SMILES string of the molecule is COc1ccc2c(O[C@@H]3C[C@H]4C(=O)N[C@]5(C(=O)NS(=O)(=O)C6CC6)C[C@H]5/C=C\CCCCO[C@H](C)C(=O)N4C3)cc(-c3nc(C(F)(F)F)cs3)nc2c1C. The lowest BCUT2D eigenvalue weighted by molar-refractivity contribution is -0.147. The average molecular weight is 792 g/mol. The van der Waals surface area contributed by atoms with Crippen LogP contribution >= 0.6 is 11.3 Å². The number of fused-ring (bicyclic) bond motifs is 3. The van der Waals surface area contributed by atoms with Crippen molar-refractivity contribution in [3.05, 3.63) is 47.0 Å². The van der Waals surface area contributed by atoms with Crippen LogP contribution in [0.5, 0.6) is 11.5 Å². The first-order chi connectivity index (χ1) is 25.6. The molecule has 4 aliphatic rings. The van der Waals surface area contributed by atoms with Crippen molar-refractivity contribution in [2.24, 2.45) is 5.92 Å². The van der Waals surface area contributed by atoms with Crippen LogP contribution in [0, 0.1) is 12.8 Å². The second-order valence-electron chi connectivity index (χ2n) is 14.2. The fourth-order valence-corrected chi connectivity index (χ4v) is 9.19. The number of halogens is 3. The van der Waals surface area contributed by atoms with Crippen LogP contribution in [0.4, 0.5) is 13.2 Å². The average Bonchev–Trinajstić information content (AvgIpc) is 3.99. The number of rotatable bonds is 7. The number of aryl methyl sites for hydroxylation is 1. The first-order valence-electron chi connectivity index (χ1n) is 17.8. The summed E-state index contributed by atoms with van der Waals surface area (Å²) in [6.45, 7) is 3.60. The van der Waals surface area contributed by atoms with Crippen LogP contribution in [0.25, 0.3) is 21.6 Å². The topological polar surface area (TPSA) is 166 Å². The van der Waals surface area contributed by atoms with Crippen molar-refractivity contribution in [2.45, 2.75) is 94.0 Å². The van der Waals surface area contributed by atoms with Gasteiger partial charge in [0, 0.05) is 41.3 Å². The predicted molar refractivity (Wildman–Crippen MR) is 191 cm³/mol. The number of pyridine rings is 1. The second-order valence-corrected chi connectivity index (χ2v) is 17.0. The molecule has 2 aliphatic carbocycles. The number of hydrogen-bond donors (Lipinski definition) is 2. The van der Waals surface area contributed by atoms with Crippen LogP contribution in [0.15, 0.2) is 35.7 Å². The molecule has 2 N–H and O–H groups in total. The van der Waals surface area contributed by atoms with Crippen LogP contribution in [0.1, 0.15) is 63.1 Å². The number of carbonyl (C=O) groups excluding carboxylic acids is 3. The molecule has 3 amide bonds. The molecule has 0 spiro atoms. The number of hydrogen-bond acceptors (Lipinski definition) is 11. The molecule has 13 nitrogen and oxygen atoms in total. The lowest BCUT2D eigenvalue weighted by Gasteiger charge is -2.28. The molecule has 0 unspecified atom stereocenters. The standard InChI is InChI=1S/C36H40F3N5O8S2/c1-19-27(50-3)12-11-24-28(15-25(40-30(19)24)32-41-29(18-53-32)36(37,38)39)52-22-14-26-31(45)42-35(34(47)43-54(48,49)23-9-10-23)16-21(35)8-6-4-5-7-13-51-20(2)33(46)44(26)17-22/h6,8,11-12,15,18,20-23,26H,4-5,7,9-10,13-14,16-17H2,1-3H3,(H,42,45)(H,43,47)/b8-6-/t20-,21-,22-,26+,35-/m1/s1. The molecule has 7 rings (SSSR count). The summed E-state index contributed by atoms with van der Waals surface area (Å²) >= 11 is 0.778. The number of carbonyl (C=O) groups is 3. The van der Waals surface area contributed by atoms with Crippen molar-refractivity contribution in [2.75, 3.05) is 20.3 Å². The summed E-state index contributed by atoms with van der Waals surface area (Å²) in [5.74, 6) is -1.68. The van der Waals surface area contributed by atoms with E-state index in [9.17, 15) is 36.0 Å². The van der Waals surface area contributed by atoms with Gasteiger partial charge in [0.05, 0.1) is 24.4 Å². The van der Waals surface area contributed by atoms with Crippen LogP contribution < -0.4 is 19.5 Å². The third-order valence-electron chi connectivity index (χ3n) is 10.3. The Balaban J connectivity index is 1.22. The van der Waals surface area contributed by atoms with E-state index in [1.54, 1.807) is 26.0 Å². The van der Waals surface area contributed by atoms with Gasteiger partial charge in [0.25, 0.3) is 11.8 Å². The van der Waals surface area contributed by atoms with Gasteiger partial charge in [0.1, 0.15) is 46.0 Å². The van der Waals surface area contributed by atoms with E-state index in [0.717, 1.165) is 23.1 Å². The largest absolute Gasteiger partial charge is 0.496 e. The minimum absolute atomic E-state index is 0.0104. The smallest absolute Gasteiger partial charge is 0.434 e. The van der Waals surface area contributed by atoms with E-state index in [4.69, 9.17) is 14.2 Å². The molecule has 4 heterocycles. The van der Waals surface area contributed by atoms with E-state index in [1.807, 2.05) is 12.2 Å². The molecule has 5 atom stereocenters. The normalized spacial score (nSPS) is 27.3. The van der Waals surface area contributed by atoms with Gasteiger partial charge in [-0.1, -0.05) is 12.2 Å². The van der Waals surface area contributed by atoms with Crippen molar-refractivity contribution >= 4 is 50.0 Å². The van der Waals surface area contributed by atoms with E-state index in [1.165, 1.54) is 18.1 Å². The van der Waals surface area contributed by atoms with Crippen molar-refractivity contribution in [1.29, 1.82) is 0 Å². The maximum atomic E-state index is 14.2. The van der Waals surface area contributed by atoms with Crippen LogP contribution in [-0.2, 0) is 35.3 Å². The van der Waals surface area contributed by atoms with Crippen LogP contribution in [-0.4, -0.2) is 90.3 Å². The van der Waals surface area contributed by atoms with Gasteiger partial charge in [0.2, 0.25) is 15.9 Å². The molecule has 3 aromatic rings. The fraction of sp³-hybridized carbons (Fsp3) is 0.528. The first-order valence-corrected chi connectivity index (χ1v) is 20.2. The minimum atomic E-state index is -4.65. The second kappa shape index (κ2) is 14.4. The highest BCUT2D eigenvalue weighted by molar-refractivity contribution is 7.91. The summed E-state index contributed by atoms with van der Waals surface area (Å²) in [7, 11) is -2.43. The van der Waals surface area contributed by atoms with E-state index in [2.05, 4.69) is 20.0 Å². The molecular weight excluding hydrogens is 752 g/mol. The lowest BCUT2D eigenvalue weighted by Crippen LogP contribution is -2.57. The fourth-order valence-electron chi connectivity index (χ4n) is 7.04. The third kappa shape index (κ3) is 7.51. The molecular formula is C36H40F3N5O8S2. The van der Waals surface area contributed by atoms with E-state index >= 15 is 0 Å². The van der Waals surface area contributed by atoms with Crippen molar-refractivity contribution < 1.29 is 50.2 Å². The monoisotopic (exact) mass is 791 g/mol. The Hall–Kier alpha value is -4.29. The molecule has 0 bridgehead atoms. The lowest BCUT2D eigenvalue weighted by atomic mass is 10.1. The number of thiazole rings is 1. The number of ether oxygens (including phenoxy) is 3.